The molecule has 1 rings (SSSR count). The van der Waals surface area contributed by atoms with Gasteiger partial charge in [0.2, 0.25) is 5.96 Å². The quantitative estimate of drug-likeness (QED) is 0.257. The van der Waals surface area contributed by atoms with Gasteiger partial charge in [-0.2, -0.15) is 0 Å². The number of guanidine groups is 1. The minimum Gasteiger partial charge on any atom is -0.369 e. The Bertz CT molecular complexity index is 122. The standard InChI is InChI=1S/C5H13N5/c6-5(7)8-9-10-3-1-2-4-10/h9H,1-4H2,(H4,6,7,8). The Labute approximate surface area is 60.0 Å². The van der Waals surface area contributed by atoms with E-state index < -0.39 is 0 Å². The fraction of sp³-hybridized carbons (Fsp3) is 0.800. The second-order valence-corrected chi connectivity index (χ2v) is 2.33. The number of hydrogen-bond donors (Lipinski definition) is 3. The summed E-state index contributed by atoms with van der Waals surface area (Å²) in [4.78, 5) is 0. The maximum absolute atomic E-state index is 5.11. The molecule has 0 spiro atoms. The van der Waals surface area contributed by atoms with Crippen LogP contribution in [0.3, 0.4) is 0 Å². The summed E-state index contributed by atoms with van der Waals surface area (Å²) < 4.78 is 0. The van der Waals surface area contributed by atoms with Crippen molar-refractivity contribution in [2.75, 3.05) is 13.1 Å². The second kappa shape index (κ2) is 3.26. The van der Waals surface area contributed by atoms with Gasteiger partial charge in [-0.3, -0.25) is 0 Å². The molecule has 0 aromatic carbocycles. The molecule has 0 atom stereocenters. The lowest BCUT2D eigenvalue weighted by Gasteiger charge is -2.12. The monoisotopic (exact) mass is 143 g/mol. The molecule has 1 aliphatic rings. The van der Waals surface area contributed by atoms with Crippen LogP contribution < -0.4 is 17.0 Å². The van der Waals surface area contributed by atoms with Gasteiger partial charge in [0.05, 0.1) is 0 Å². The molecule has 0 aromatic heterocycles. The van der Waals surface area contributed by atoms with Crippen molar-refractivity contribution in [3.8, 4) is 0 Å². The van der Waals surface area contributed by atoms with Crippen LogP contribution in [0.4, 0.5) is 0 Å². The minimum absolute atomic E-state index is 0.0758. The number of hydrogen-bond acceptors (Lipinski definition) is 3. The molecule has 10 heavy (non-hydrogen) atoms. The summed E-state index contributed by atoms with van der Waals surface area (Å²) in [5.41, 5.74) is 13.0. The maximum Gasteiger partial charge on any atom is 0.209 e. The molecule has 1 aliphatic heterocycles. The Balaban J connectivity index is 2.18. The van der Waals surface area contributed by atoms with Crippen LogP contribution in [0, 0.1) is 0 Å². The molecular weight excluding hydrogens is 130 g/mol. The van der Waals surface area contributed by atoms with Gasteiger partial charge >= 0.3 is 0 Å². The molecule has 1 heterocycles. The van der Waals surface area contributed by atoms with Crippen molar-refractivity contribution in [3.05, 3.63) is 0 Å². The normalized spacial score (nSPS) is 18.8. The average Bonchev–Trinajstić information content (AvgIpc) is 2.34. The Morgan fingerprint density at radius 3 is 2.40 bits per heavy atom. The molecule has 0 amide bonds. The highest BCUT2D eigenvalue weighted by Crippen LogP contribution is 2.02. The Kier molecular flexibility index (Phi) is 2.33. The van der Waals surface area contributed by atoms with Gasteiger partial charge in [0.25, 0.3) is 0 Å². The van der Waals surface area contributed by atoms with E-state index in [9.17, 15) is 0 Å². The van der Waals surface area contributed by atoms with E-state index in [1.807, 2.05) is 5.01 Å². The summed E-state index contributed by atoms with van der Waals surface area (Å²) in [6, 6.07) is 0. The van der Waals surface area contributed by atoms with Crippen molar-refractivity contribution in [1.82, 2.24) is 10.5 Å². The highest BCUT2D eigenvalue weighted by Gasteiger charge is 2.09. The van der Waals surface area contributed by atoms with Crippen LogP contribution in [0.15, 0.2) is 5.10 Å². The second-order valence-electron chi connectivity index (χ2n) is 2.33. The van der Waals surface area contributed by atoms with Crippen LogP contribution in [0.1, 0.15) is 12.8 Å². The number of hydrazine groups is 1. The van der Waals surface area contributed by atoms with E-state index in [0.29, 0.717) is 0 Å². The zero-order valence-electron chi connectivity index (χ0n) is 5.88. The average molecular weight is 143 g/mol. The lowest BCUT2D eigenvalue weighted by molar-refractivity contribution is 0.242. The van der Waals surface area contributed by atoms with Crippen molar-refractivity contribution in [1.29, 1.82) is 0 Å². The predicted octanol–water partition coefficient (Wildman–Crippen LogP) is -1.22. The topological polar surface area (TPSA) is 79.7 Å². The fourth-order valence-electron chi connectivity index (χ4n) is 0.946. The molecule has 1 saturated heterocycles. The number of rotatable bonds is 2. The van der Waals surface area contributed by atoms with Crippen LogP contribution in [-0.4, -0.2) is 24.1 Å². The molecule has 5 heteroatoms. The van der Waals surface area contributed by atoms with Gasteiger partial charge in [-0.15, -0.1) is 5.10 Å². The van der Waals surface area contributed by atoms with Crippen LogP contribution in [0.5, 0.6) is 0 Å². The van der Waals surface area contributed by atoms with Crippen LogP contribution in [-0.2, 0) is 0 Å². The molecule has 5 N–H and O–H groups in total. The smallest absolute Gasteiger partial charge is 0.209 e. The largest absolute Gasteiger partial charge is 0.369 e. The maximum atomic E-state index is 5.11. The molecule has 0 aromatic rings. The molecule has 58 valence electrons. The summed E-state index contributed by atoms with van der Waals surface area (Å²) in [7, 11) is 0. The molecule has 0 saturated carbocycles. The van der Waals surface area contributed by atoms with E-state index in [1.54, 1.807) is 0 Å². The van der Waals surface area contributed by atoms with E-state index in [1.165, 1.54) is 12.8 Å². The van der Waals surface area contributed by atoms with Gasteiger partial charge in [0.15, 0.2) is 0 Å². The van der Waals surface area contributed by atoms with Crippen LogP contribution in [0.25, 0.3) is 0 Å². The summed E-state index contributed by atoms with van der Waals surface area (Å²) >= 11 is 0. The molecule has 0 bridgehead atoms. The summed E-state index contributed by atoms with van der Waals surface area (Å²) in [5.74, 6) is 0.0758. The van der Waals surface area contributed by atoms with E-state index in [4.69, 9.17) is 11.5 Å². The lowest BCUT2D eigenvalue weighted by atomic mass is 10.4. The summed E-state index contributed by atoms with van der Waals surface area (Å²) in [5, 5.41) is 5.64. The van der Waals surface area contributed by atoms with Gasteiger partial charge in [0.1, 0.15) is 0 Å². The molecule has 5 nitrogen and oxygen atoms in total. The molecule has 0 aliphatic carbocycles. The summed E-state index contributed by atoms with van der Waals surface area (Å²) in [6.45, 7) is 2.05. The summed E-state index contributed by atoms with van der Waals surface area (Å²) in [6.07, 6.45) is 2.43. The van der Waals surface area contributed by atoms with Gasteiger partial charge in [-0.1, -0.05) is 0 Å². The third-order valence-corrected chi connectivity index (χ3v) is 1.43. The van der Waals surface area contributed by atoms with E-state index in [-0.39, 0.29) is 5.96 Å². The first-order valence-electron chi connectivity index (χ1n) is 3.38. The fourth-order valence-corrected chi connectivity index (χ4v) is 0.946. The number of nitrogens with two attached hydrogens (primary N) is 2. The van der Waals surface area contributed by atoms with E-state index >= 15 is 0 Å². The number of hydrazone groups is 1. The van der Waals surface area contributed by atoms with Crippen molar-refractivity contribution in [2.24, 2.45) is 16.6 Å². The highest BCUT2D eigenvalue weighted by molar-refractivity contribution is 5.75. The zero-order valence-corrected chi connectivity index (χ0v) is 5.88. The van der Waals surface area contributed by atoms with Crippen molar-refractivity contribution in [3.63, 3.8) is 0 Å². The highest BCUT2D eigenvalue weighted by atomic mass is 15.7. The zero-order chi connectivity index (χ0) is 7.40. The van der Waals surface area contributed by atoms with Crippen molar-refractivity contribution < 1.29 is 0 Å². The Hall–Kier alpha value is -0.970. The first-order chi connectivity index (χ1) is 4.79. The van der Waals surface area contributed by atoms with Gasteiger partial charge in [0, 0.05) is 13.1 Å². The Morgan fingerprint density at radius 2 is 1.90 bits per heavy atom. The van der Waals surface area contributed by atoms with E-state index in [2.05, 4.69) is 10.6 Å². The Morgan fingerprint density at radius 1 is 1.30 bits per heavy atom. The van der Waals surface area contributed by atoms with Crippen molar-refractivity contribution >= 4 is 5.96 Å². The van der Waals surface area contributed by atoms with Gasteiger partial charge in [-0.05, 0) is 12.8 Å². The molecule has 0 radical (unpaired) electrons. The van der Waals surface area contributed by atoms with Gasteiger partial charge < -0.3 is 11.5 Å². The SMILES string of the molecule is NC(N)=NNN1CCCC1. The van der Waals surface area contributed by atoms with E-state index in [0.717, 1.165) is 13.1 Å². The third kappa shape index (κ3) is 2.10. The first kappa shape index (κ1) is 7.14. The molecule has 1 fully saturated rings. The molecular formula is C5H13N5. The van der Waals surface area contributed by atoms with Crippen LogP contribution >= 0.6 is 0 Å². The minimum atomic E-state index is 0.0758. The predicted molar refractivity (Wildman–Crippen MR) is 39.8 cm³/mol. The third-order valence-electron chi connectivity index (χ3n) is 1.43. The van der Waals surface area contributed by atoms with Crippen molar-refractivity contribution in [2.45, 2.75) is 12.8 Å². The first-order valence-corrected chi connectivity index (χ1v) is 3.38. The molecule has 0 unspecified atom stereocenters. The van der Waals surface area contributed by atoms with Crippen LogP contribution in [0.2, 0.25) is 0 Å². The van der Waals surface area contributed by atoms with Gasteiger partial charge in [-0.25, -0.2) is 10.5 Å². The number of nitrogens with zero attached hydrogens (tertiary/aromatic N) is 2. The number of nitrogens with one attached hydrogen (secondary N) is 1. The lowest BCUT2D eigenvalue weighted by Crippen LogP contribution is -2.35.